The zero-order valence-corrected chi connectivity index (χ0v) is 9.58. The summed E-state index contributed by atoms with van der Waals surface area (Å²) in [5.41, 5.74) is 2.13. The van der Waals surface area contributed by atoms with Crippen molar-refractivity contribution in [1.29, 1.82) is 0 Å². The topological polar surface area (TPSA) is 18.5 Å². The summed E-state index contributed by atoms with van der Waals surface area (Å²) >= 11 is 0. The van der Waals surface area contributed by atoms with Crippen LogP contribution in [0.5, 0.6) is 0 Å². The lowest BCUT2D eigenvalue weighted by molar-refractivity contribution is 0.290. The number of allylic oxidation sites excluding steroid dienone is 1. The molecule has 0 N–H and O–H groups in total. The van der Waals surface area contributed by atoms with Crippen molar-refractivity contribution in [3.8, 4) is 0 Å². The lowest BCUT2D eigenvalue weighted by atomic mass is 9.90. The molecule has 0 amide bonds. The number of hydrogen-bond acceptors (Lipinski definition) is 2. The Balaban J connectivity index is 2.27. The van der Waals surface area contributed by atoms with Crippen molar-refractivity contribution in [3.05, 3.63) is 11.8 Å². The number of hydrogen-bond donors (Lipinski definition) is 0. The molecule has 0 aromatic rings. The first-order valence-corrected chi connectivity index (χ1v) is 6.39. The Morgan fingerprint density at radius 2 is 1.69 bits per heavy atom. The maximum absolute atomic E-state index is 5.18. The first-order chi connectivity index (χ1) is 6.36. The molecule has 1 fully saturated rings. The van der Waals surface area contributed by atoms with Gasteiger partial charge in [0.25, 0.3) is 0 Å². The second-order valence-corrected chi connectivity index (χ2v) is 5.27. The van der Waals surface area contributed by atoms with Crippen LogP contribution in [0.15, 0.2) is 11.8 Å². The summed E-state index contributed by atoms with van der Waals surface area (Å²) in [6.07, 6.45) is 9.17. The van der Waals surface area contributed by atoms with E-state index in [0.29, 0.717) is 0 Å². The maximum atomic E-state index is 5.18. The molecule has 13 heavy (non-hydrogen) atoms. The molecule has 2 nitrogen and oxygen atoms in total. The summed E-state index contributed by atoms with van der Waals surface area (Å²) in [6, 6.07) is 0. The minimum Gasteiger partial charge on any atom is -0.394 e. The molecule has 0 atom stereocenters. The van der Waals surface area contributed by atoms with Gasteiger partial charge in [-0.25, -0.2) is 0 Å². The average Bonchev–Trinajstić information content (AvgIpc) is 2.21. The van der Waals surface area contributed by atoms with E-state index < -0.39 is 9.28 Å². The number of rotatable bonds is 4. The summed E-state index contributed by atoms with van der Waals surface area (Å²) in [7, 11) is 2.32. The van der Waals surface area contributed by atoms with Crippen LogP contribution in [0.2, 0.25) is 0 Å². The molecule has 0 aromatic carbocycles. The van der Waals surface area contributed by atoms with Gasteiger partial charge in [-0.2, -0.15) is 0 Å². The Bertz CT molecular complexity index is 149. The quantitative estimate of drug-likeness (QED) is 0.647. The molecule has 0 heterocycles. The van der Waals surface area contributed by atoms with Crippen molar-refractivity contribution in [2.45, 2.75) is 32.1 Å². The summed E-state index contributed by atoms with van der Waals surface area (Å²) in [6.45, 7) is 0. The van der Waals surface area contributed by atoms with Crippen molar-refractivity contribution in [2.24, 2.45) is 5.92 Å². The van der Waals surface area contributed by atoms with E-state index in [1.165, 1.54) is 32.1 Å². The Kier molecular flexibility index (Phi) is 5.35. The van der Waals surface area contributed by atoms with Gasteiger partial charge in [-0.05, 0) is 24.5 Å². The summed E-state index contributed by atoms with van der Waals surface area (Å²) in [5, 5.41) is 0. The smallest absolute Gasteiger partial charge is 0.394 e. The molecule has 1 saturated carbocycles. The minimum atomic E-state index is -1.10. The predicted octanol–water partition coefficient (Wildman–Crippen LogP) is 2.44. The Morgan fingerprint density at radius 1 is 1.08 bits per heavy atom. The highest BCUT2D eigenvalue weighted by Gasteiger charge is 2.12. The lowest BCUT2D eigenvalue weighted by Gasteiger charge is -2.18. The van der Waals surface area contributed by atoms with Gasteiger partial charge in [-0.3, -0.25) is 0 Å². The van der Waals surface area contributed by atoms with Crippen molar-refractivity contribution in [3.63, 3.8) is 0 Å². The highest BCUT2D eigenvalue weighted by molar-refractivity contribution is 6.50. The normalized spacial score (nSPS) is 20.2. The van der Waals surface area contributed by atoms with Crippen molar-refractivity contribution >= 4 is 9.28 Å². The zero-order valence-electron chi connectivity index (χ0n) is 8.58. The first-order valence-electron chi connectivity index (χ1n) is 5.00. The highest BCUT2D eigenvalue weighted by atomic mass is 28.3. The van der Waals surface area contributed by atoms with E-state index in [-0.39, 0.29) is 0 Å². The molecule has 0 aliphatic heterocycles. The van der Waals surface area contributed by atoms with E-state index >= 15 is 0 Å². The van der Waals surface area contributed by atoms with E-state index in [1.54, 1.807) is 14.2 Å². The van der Waals surface area contributed by atoms with E-state index in [0.717, 1.165) is 5.92 Å². The second kappa shape index (κ2) is 6.35. The Hall–Kier alpha value is -0.123. The third-order valence-electron chi connectivity index (χ3n) is 2.56. The molecule has 0 spiro atoms. The monoisotopic (exact) mass is 199 g/mol. The second-order valence-electron chi connectivity index (χ2n) is 3.48. The van der Waals surface area contributed by atoms with Crippen LogP contribution in [0.4, 0.5) is 0 Å². The van der Waals surface area contributed by atoms with E-state index in [9.17, 15) is 0 Å². The Labute approximate surface area is 82.8 Å². The molecule has 1 radical (unpaired) electrons. The molecule has 0 saturated heterocycles. The summed E-state index contributed by atoms with van der Waals surface area (Å²) in [5.74, 6) is 0.777. The van der Waals surface area contributed by atoms with Crippen LogP contribution in [0.1, 0.15) is 32.1 Å². The SMILES string of the molecule is CO[Si](C=CC1CCCCC1)OC. The van der Waals surface area contributed by atoms with Gasteiger partial charge < -0.3 is 8.85 Å². The first kappa shape index (κ1) is 11.0. The van der Waals surface area contributed by atoms with Crippen LogP contribution in [-0.4, -0.2) is 23.5 Å². The zero-order chi connectivity index (χ0) is 9.52. The largest absolute Gasteiger partial charge is 0.414 e. The van der Waals surface area contributed by atoms with Crippen LogP contribution in [0, 0.1) is 5.92 Å². The maximum Gasteiger partial charge on any atom is 0.414 e. The average molecular weight is 199 g/mol. The van der Waals surface area contributed by atoms with Gasteiger partial charge in [0.15, 0.2) is 0 Å². The molecule has 75 valence electrons. The fourth-order valence-electron chi connectivity index (χ4n) is 1.76. The van der Waals surface area contributed by atoms with E-state index in [2.05, 4.69) is 11.8 Å². The lowest BCUT2D eigenvalue weighted by Crippen LogP contribution is -2.16. The van der Waals surface area contributed by atoms with Gasteiger partial charge in [0.1, 0.15) is 0 Å². The minimum absolute atomic E-state index is 0.777. The molecule has 1 aliphatic carbocycles. The van der Waals surface area contributed by atoms with Crippen molar-refractivity contribution in [2.75, 3.05) is 14.2 Å². The third-order valence-corrected chi connectivity index (χ3v) is 3.83. The van der Waals surface area contributed by atoms with Gasteiger partial charge >= 0.3 is 9.28 Å². The molecule has 1 rings (SSSR count). The highest BCUT2D eigenvalue weighted by Crippen LogP contribution is 2.24. The van der Waals surface area contributed by atoms with Crippen LogP contribution in [0.25, 0.3) is 0 Å². The van der Waals surface area contributed by atoms with E-state index in [4.69, 9.17) is 8.85 Å². The predicted molar refractivity (Wildman–Crippen MR) is 55.5 cm³/mol. The van der Waals surface area contributed by atoms with Gasteiger partial charge in [-0.1, -0.05) is 25.3 Å². The molecule has 0 unspecified atom stereocenters. The van der Waals surface area contributed by atoms with Gasteiger partial charge in [0, 0.05) is 14.2 Å². The fraction of sp³-hybridized carbons (Fsp3) is 0.800. The Morgan fingerprint density at radius 3 is 2.23 bits per heavy atom. The molecule has 1 aliphatic rings. The van der Waals surface area contributed by atoms with Gasteiger partial charge in [0.2, 0.25) is 0 Å². The molecule has 3 heteroatoms. The van der Waals surface area contributed by atoms with Crippen LogP contribution in [0.3, 0.4) is 0 Å². The van der Waals surface area contributed by atoms with Crippen LogP contribution in [-0.2, 0) is 8.85 Å². The molecular weight excluding hydrogens is 180 g/mol. The van der Waals surface area contributed by atoms with Gasteiger partial charge in [0.05, 0.1) is 0 Å². The molecule has 0 aromatic heterocycles. The van der Waals surface area contributed by atoms with Crippen molar-refractivity contribution < 1.29 is 8.85 Å². The van der Waals surface area contributed by atoms with Gasteiger partial charge in [-0.15, -0.1) is 0 Å². The van der Waals surface area contributed by atoms with E-state index in [1.807, 2.05) is 0 Å². The van der Waals surface area contributed by atoms with Crippen LogP contribution < -0.4 is 0 Å². The van der Waals surface area contributed by atoms with Crippen molar-refractivity contribution in [1.82, 2.24) is 0 Å². The third kappa shape index (κ3) is 4.07. The van der Waals surface area contributed by atoms with Crippen LogP contribution >= 0.6 is 0 Å². The summed E-state index contributed by atoms with van der Waals surface area (Å²) < 4.78 is 10.4. The summed E-state index contributed by atoms with van der Waals surface area (Å²) in [4.78, 5) is 0. The molecule has 0 bridgehead atoms. The fourth-order valence-corrected chi connectivity index (χ4v) is 2.63. The standard InChI is InChI=1S/C10H19O2Si/c1-11-13(12-2)9-8-10-6-4-3-5-7-10/h8-10H,3-7H2,1-2H3. The molecular formula is C10H19O2Si.